The van der Waals surface area contributed by atoms with Gasteiger partial charge in [0.25, 0.3) is 0 Å². The van der Waals surface area contributed by atoms with E-state index in [0.717, 1.165) is 6.92 Å². The van der Waals surface area contributed by atoms with Crippen molar-refractivity contribution in [2.45, 2.75) is 36.4 Å². The first-order valence-corrected chi connectivity index (χ1v) is 7.17. The summed E-state index contributed by atoms with van der Waals surface area (Å²) in [6, 6.07) is -1.84. The van der Waals surface area contributed by atoms with Gasteiger partial charge in [0.15, 0.2) is 14.6 Å². The molecule has 0 saturated carbocycles. The number of hydrogen-bond donors (Lipinski definition) is 0. The minimum Gasteiger partial charge on any atom is -0.548 e. The zero-order valence-electron chi connectivity index (χ0n) is 11.3. The summed E-state index contributed by atoms with van der Waals surface area (Å²) in [4.78, 5) is 35.1. The maximum Gasteiger partial charge on any atom is 1.00 e. The summed E-state index contributed by atoms with van der Waals surface area (Å²) in [5, 5.41) is 9.89. The molecule has 20 heavy (non-hydrogen) atoms. The molecule has 0 N–H and O–H groups in total. The molecule has 0 bridgehead atoms. The Balaban J connectivity index is 0.00000200. The van der Waals surface area contributed by atoms with E-state index in [1.165, 1.54) is 6.92 Å². The van der Waals surface area contributed by atoms with E-state index in [1.807, 2.05) is 0 Å². The van der Waals surface area contributed by atoms with Gasteiger partial charge in [-0.2, -0.15) is 0 Å². The summed E-state index contributed by atoms with van der Waals surface area (Å²) < 4.78 is 26.9. The Labute approximate surface area is 137 Å². The maximum absolute atomic E-state index is 12.3. The molecule has 0 spiro atoms. The Morgan fingerprint density at radius 1 is 1.50 bits per heavy atom. The monoisotopic (exact) mass is 313 g/mol. The van der Waals surface area contributed by atoms with E-state index in [1.54, 1.807) is 0 Å². The molecule has 3 atom stereocenters. The number of hydrogen-bond acceptors (Lipinski definition) is 7. The van der Waals surface area contributed by atoms with Gasteiger partial charge in [-0.3, -0.25) is 9.59 Å². The maximum atomic E-state index is 12.3. The number of nitrogens with zero attached hydrogens (tertiary/aromatic N) is 1. The number of ether oxygens (including phenoxy) is 1. The van der Waals surface area contributed by atoms with E-state index < -0.39 is 43.8 Å². The Bertz CT molecular complexity index is 574. The van der Waals surface area contributed by atoms with Crippen LogP contribution in [0.2, 0.25) is 0 Å². The molecular formula is C10H12NNaO7S. The topological polar surface area (TPSA) is 121 Å². The van der Waals surface area contributed by atoms with Gasteiger partial charge in [0, 0.05) is 0 Å². The largest absolute Gasteiger partial charge is 1.00 e. The molecule has 2 saturated heterocycles. The van der Waals surface area contributed by atoms with Gasteiger partial charge in [-0.15, -0.1) is 0 Å². The fourth-order valence-electron chi connectivity index (χ4n) is 2.52. The average molecular weight is 313 g/mol. The van der Waals surface area contributed by atoms with E-state index in [0.29, 0.717) is 4.90 Å². The minimum absolute atomic E-state index is 0. The Morgan fingerprint density at radius 2 is 2.05 bits per heavy atom. The van der Waals surface area contributed by atoms with Gasteiger partial charge in [0.1, 0.15) is 11.4 Å². The molecule has 10 heteroatoms. The van der Waals surface area contributed by atoms with Crippen molar-refractivity contribution in [3.05, 3.63) is 0 Å². The van der Waals surface area contributed by atoms with Crippen molar-refractivity contribution < 1.29 is 62.2 Å². The van der Waals surface area contributed by atoms with Gasteiger partial charge in [-0.1, -0.05) is 0 Å². The van der Waals surface area contributed by atoms with Crippen LogP contribution < -0.4 is 34.7 Å². The van der Waals surface area contributed by atoms with Crippen LogP contribution in [0.3, 0.4) is 0 Å². The fourth-order valence-corrected chi connectivity index (χ4v) is 4.79. The number of amides is 1. The van der Waals surface area contributed by atoms with Crippen molar-refractivity contribution >= 4 is 27.7 Å². The summed E-state index contributed by atoms with van der Waals surface area (Å²) in [6.45, 7) is 2.34. The van der Waals surface area contributed by atoms with Crippen LogP contribution in [0.5, 0.6) is 0 Å². The number of sulfone groups is 1. The van der Waals surface area contributed by atoms with Crippen LogP contribution in [-0.2, 0) is 29.0 Å². The number of carboxylic acid groups (broad SMARTS) is 1. The molecule has 2 aliphatic rings. The molecule has 2 fully saturated rings. The molecule has 0 radical (unpaired) electrons. The van der Waals surface area contributed by atoms with E-state index in [4.69, 9.17) is 0 Å². The van der Waals surface area contributed by atoms with Crippen LogP contribution in [0.15, 0.2) is 0 Å². The summed E-state index contributed by atoms with van der Waals surface area (Å²) in [5.41, 5.74) is 0. The summed E-state index contributed by atoms with van der Waals surface area (Å²) in [6.07, 6.45) is -0.318. The molecule has 0 aromatic rings. The predicted octanol–water partition coefficient (Wildman–Crippen LogP) is -5.58. The van der Waals surface area contributed by atoms with Crippen LogP contribution >= 0.6 is 0 Å². The van der Waals surface area contributed by atoms with Crippen LogP contribution in [0.4, 0.5) is 0 Å². The van der Waals surface area contributed by atoms with Crippen molar-refractivity contribution in [3.8, 4) is 0 Å². The fraction of sp³-hybridized carbons (Fsp3) is 0.700. The van der Waals surface area contributed by atoms with Crippen LogP contribution in [0.25, 0.3) is 0 Å². The second-order valence-corrected chi connectivity index (χ2v) is 7.04. The average Bonchev–Trinajstić information content (AvgIpc) is 2.44. The number of aliphatic carboxylic acids is 1. The molecule has 0 aliphatic carbocycles. The number of esters is 1. The first-order valence-electron chi connectivity index (χ1n) is 5.62. The molecule has 106 valence electrons. The van der Waals surface area contributed by atoms with Gasteiger partial charge < -0.3 is 19.5 Å². The molecule has 0 aromatic carbocycles. The van der Waals surface area contributed by atoms with Crippen LogP contribution in [-0.4, -0.2) is 53.9 Å². The van der Waals surface area contributed by atoms with Gasteiger partial charge in [0.05, 0.1) is 19.0 Å². The van der Waals surface area contributed by atoms with E-state index in [9.17, 15) is 27.9 Å². The van der Waals surface area contributed by atoms with Gasteiger partial charge in [-0.25, -0.2) is 8.42 Å². The number of rotatable bonds is 3. The van der Waals surface area contributed by atoms with Crippen molar-refractivity contribution in [1.29, 1.82) is 0 Å². The van der Waals surface area contributed by atoms with Gasteiger partial charge >= 0.3 is 35.5 Å². The molecule has 8 nitrogen and oxygen atoms in total. The van der Waals surface area contributed by atoms with Crippen molar-refractivity contribution in [2.24, 2.45) is 0 Å². The van der Waals surface area contributed by atoms with Crippen molar-refractivity contribution in [1.82, 2.24) is 4.90 Å². The van der Waals surface area contributed by atoms with Gasteiger partial charge in [0.2, 0.25) is 5.91 Å². The summed E-state index contributed by atoms with van der Waals surface area (Å²) in [7, 11) is -4.17. The van der Waals surface area contributed by atoms with E-state index in [-0.39, 0.29) is 42.6 Å². The summed E-state index contributed by atoms with van der Waals surface area (Å²) in [5.74, 6) is -3.59. The third-order valence-electron chi connectivity index (χ3n) is 3.60. The summed E-state index contributed by atoms with van der Waals surface area (Å²) >= 11 is 0. The Kier molecular flexibility index (Phi) is 4.60. The first-order chi connectivity index (χ1) is 8.69. The number of carbonyl (C=O) groups excluding carboxylic acids is 3. The second-order valence-electron chi connectivity index (χ2n) is 4.55. The molecule has 2 aliphatic heterocycles. The van der Waals surface area contributed by atoms with E-state index in [2.05, 4.69) is 4.74 Å². The Hall–Kier alpha value is -0.640. The molecule has 2 heterocycles. The van der Waals surface area contributed by atoms with E-state index >= 15 is 0 Å². The Morgan fingerprint density at radius 3 is 2.45 bits per heavy atom. The van der Waals surface area contributed by atoms with Crippen molar-refractivity contribution in [2.75, 3.05) is 6.61 Å². The number of fused-ring (bicyclic) bond motifs is 1. The molecule has 0 aromatic heterocycles. The van der Waals surface area contributed by atoms with Gasteiger partial charge in [-0.05, 0) is 13.8 Å². The molecule has 2 rings (SSSR count). The van der Waals surface area contributed by atoms with Crippen molar-refractivity contribution in [3.63, 3.8) is 0 Å². The predicted molar refractivity (Wildman–Crippen MR) is 58.0 cm³/mol. The SMILES string of the molecule is CCOC(=O)[C@@]1(C)[C@H](C(=O)[O-])N2C(=O)CC2S1(=O)=O.[Na+]. The molecule has 1 unspecified atom stereocenters. The third-order valence-corrected chi connectivity index (χ3v) is 6.28. The quantitative estimate of drug-likeness (QED) is 0.289. The normalized spacial score (nSPS) is 33.7. The molecular weight excluding hydrogens is 301 g/mol. The number of β-lactam (4-membered cyclic amide) rings is 1. The van der Waals surface area contributed by atoms with Crippen LogP contribution in [0, 0.1) is 0 Å². The zero-order chi connectivity index (χ0) is 14.6. The smallest absolute Gasteiger partial charge is 0.548 e. The van der Waals surface area contributed by atoms with Crippen LogP contribution in [0.1, 0.15) is 20.3 Å². The third kappa shape index (κ3) is 1.91. The number of carboxylic acids is 1. The standard InChI is InChI=1S/C10H13NO7S.Na/c1-3-18-9(15)10(2)7(8(13)14)11-5(12)4-6(11)19(10,16)17;/h6-7H,3-4H2,1-2H3,(H,13,14);/q;+1/p-1/t6?,7-,10+;/m0./s1. The second kappa shape index (κ2) is 5.28. The molecule has 1 amide bonds. The first kappa shape index (κ1) is 17.4. The zero-order valence-corrected chi connectivity index (χ0v) is 14.1. The minimum atomic E-state index is -4.17. The number of carbonyl (C=O) groups is 3.